The SMILES string of the molecule is Cc1ccc2c(c1)C(C)(C)C(=CC=CC1=[N+](CCCCCC(=O)NCCCN=[N+]=[N-])c3ccc(S(=O)(=O)O)cc3C1(C)C)N2CCOCCNC(=O)C1(C)CCc2c(C)c(O)c(C)c(C)c2O1. The summed E-state index contributed by atoms with van der Waals surface area (Å²) in [5.74, 6) is 0.723. The number of unbranched alkanes of at least 4 members (excludes halogenated alkanes) is 2. The summed E-state index contributed by atoms with van der Waals surface area (Å²) in [7, 11) is -4.43. The number of anilines is 1. The van der Waals surface area contributed by atoms with Crippen molar-refractivity contribution >= 4 is 39.0 Å². The molecule has 3 aliphatic rings. The number of aryl methyl sites for hydroxylation is 1. The lowest BCUT2D eigenvalue weighted by Crippen LogP contribution is -2.51. The molecule has 0 spiro atoms. The van der Waals surface area contributed by atoms with E-state index in [-0.39, 0.29) is 27.9 Å². The van der Waals surface area contributed by atoms with Crippen LogP contribution in [0.5, 0.6) is 11.5 Å². The molecule has 0 aliphatic carbocycles. The minimum absolute atomic E-state index is 0.0399. The van der Waals surface area contributed by atoms with E-state index in [0.29, 0.717) is 83.8 Å². The maximum Gasteiger partial charge on any atom is 0.294 e. The van der Waals surface area contributed by atoms with E-state index in [1.807, 2.05) is 27.7 Å². The van der Waals surface area contributed by atoms with E-state index >= 15 is 0 Å². The van der Waals surface area contributed by atoms with Crippen LogP contribution in [0.15, 0.2) is 70.3 Å². The molecule has 0 saturated heterocycles. The fourth-order valence-corrected chi connectivity index (χ4v) is 10.2. The largest absolute Gasteiger partial charge is 0.507 e. The first kappa shape index (κ1) is 50.7. The third-order valence-electron chi connectivity index (χ3n) is 13.8. The highest BCUT2D eigenvalue weighted by atomic mass is 32.2. The van der Waals surface area contributed by atoms with E-state index in [4.69, 9.17) is 15.0 Å². The van der Waals surface area contributed by atoms with Gasteiger partial charge < -0.3 is 30.1 Å². The molecule has 3 aromatic rings. The summed E-state index contributed by atoms with van der Waals surface area (Å²) in [5.41, 5.74) is 17.0. The highest BCUT2D eigenvalue weighted by Gasteiger charge is 2.45. The normalized spacial score (nSPS) is 18.7. The number of aromatic hydroxyl groups is 1. The predicted molar refractivity (Wildman–Crippen MR) is 261 cm³/mol. The maximum absolute atomic E-state index is 13.5. The molecule has 3 heterocycles. The number of amides is 2. The number of hydrogen-bond donors (Lipinski definition) is 4. The first-order valence-electron chi connectivity index (χ1n) is 23.3. The number of azide groups is 1. The lowest BCUT2D eigenvalue weighted by Gasteiger charge is -2.36. The van der Waals surface area contributed by atoms with Crippen molar-refractivity contribution in [3.05, 3.63) is 110 Å². The average Bonchev–Trinajstić information content (AvgIpc) is 3.62. The van der Waals surface area contributed by atoms with Crippen molar-refractivity contribution in [1.82, 2.24) is 10.6 Å². The Labute approximate surface area is 395 Å². The molecule has 1 atom stereocenters. The third-order valence-corrected chi connectivity index (χ3v) is 14.7. The summed E-state index contributed by atoms with van der Waals surface area (Å²) in [5, 5.41) is 20.0. The number of allylic oxidation sites excluding steroid dienone is 4. The van der Waals surface area contributed by atoms with Gasteiger partial charge in [0.2, 0.25) is 11.6 Å². The number of carbonyl (C=O) groups excluding carboxylic acids is 2. The molecule has 6 rings (SSSR count). The van der Waals surface area contributed by atoms with E-state index in [2.05, 4.69) is 101 Å². The zero-order chi connectivity index (χ0) is 48.9. The molecule has 4 N–H and O–H groups in total. The first-order chi connectivity index (χ1) is 31.6. The highest BCUT2D eigenvalue weighted by Crippen LogP contribution is 2.48. The Hall–Kier alpha value is -5.67. The number of phenolic OH excluding ortho intramolecular Hbond substituents is 1. The van der Waals surface area contributed by atoms with E-state index in [9.17, 15) is 27.7 Å². The smallest absolute Gasteiger partial charge is 0.294 e. The van der Waals surface area contributed by atoms with Gasteiger partial charge in [-0.05, 0) is 126 Å². The van der Waals surface area contributed by atoms with E-state index in [1.54, 1.807) is 12.1 Å². The summed E-state index contributed by atoms with van der Waals surface area (Å²) in [6, 6.07) is 11.3. The highest BCUT2D eigenvalue weighted by molar-refractivity contribution is 7.85. The van der Waals surface area contributed by atoms with Crippen LogP contribution >= 0.6 is 0 Å². The van der Waals surface area contributed by atoms with Gasteiger partial charge in [0.1, 0.15) is 18.0 Å². The minimum Gasteiger partial charge on any atom is -0.507 e. The minimum atomic E-state index is -4.43. The average molecular weight is 939 g/mol. The Balaban J connectivity index is 1.14. The molecular formula is C51H68N7O8S+. The van der Waals surface area contributed by atoms with Crippen molar-refractivity contribution in [3.63, 3.8) is 0 Å². The van der Waals surface area contributed by atoms with Crippen LogP contribution in [-0.4, -0.2) is 91.7 Å². The van der Waals surface area contributed by atoms with Gasteiger partial charge in [-0.25, -0.2) is 0 Å². The summed E-state index contributed by atoms with van der Waals surface area (Å²) < 4.78 is 49.2. The number of carbonyl (C=O) groups is 2. The van der Waals surface area contributed by atoms with Crippen molar-refractivity contribution < 1.29 is 41.7 Å². The molecule has 16 heteroatoms. The molecule has 2 amide bonds. The molecule has 360 valence electrons. The zero-order valence-corrected chi connectivity index (χ0v) is 41.4. The summed E-state index contributed by atoms with van der Waals surface area (Å²) in [4.78, 5) is 30.8. The Bertz CT molecular complexity index is 2660. The molecule has 0 aromatic heterocycles. The molecule has 3 aliphatic heterocycles. The predicted octanol–water partition coefficient (Wildman–Crippen LogP) is 8.78. The number of ether oxygens (including phenoxy) is 2. The molecule has 1 unspecified atom stereocenters. The van der Waals surface area contributed by atoms with E-state index < -0.39 is 21.1 Å². The van der Waals surface area contributed by atoms with Crippen LogP contribution in [0.2, 0.25) is 0 Å². The van der Waals surface area contributed by atoms with Gasteiger partial charge >= 0.3 is 0 Å². The Morgan fingerprint density at radius 3 is 2.43 bits per heavy atom. The molecule has 0 saturated carbocycles. The molecule has 15 nitrogen and oxygen atoms in total. The van der Waals surface area contributed by atoms with Gasteiger partial charge in [0.05, 0.1) is 23.5 Å². The van der Waals surface area contributed by atoms with E-state index in [1.165, 1.54) is 11.6 Å². The molecule has 0 fully saturated rings. The van der Waals surface area contributed by atoms with Gasteiger partial charge in [0, 0.05) is 90.4 Å². The van der Waals surface area contributed by atoms with Gasteiger partial charge in [-0.15, -0.1) is 0 Å². The lowest BCUT2D eigenvalue weighted by molar-refractivity contribution is -0.438. The Morgan fingerprint density at radius 1 is 0.940 bits per heavy atom. The van der Waals surface area contributed by atoms with Crippen LogP contribution in [0.3, 0.4) is 0 Å². The van der Waals surface area contributed by atoms with Crippen molar-refractivity contribution in [2.24, 2.45) is 5.11 Å². The van der Waals surface area contributed by atoms with Crippen molar-refractivity contribution in [1.29, 1.82) is 0 Å². The number of nitrogens with one attached hydrogen (secondary N) is 2. The fraction of sp³-hybridized carbons (Fsp3) is 0.510. The van der Waals surface area contributed by atoms with Crippen LogP contribution in [0.1, 0.15) is 112 Å². The second-order valence-electron chi connectivity index (χ2n) is 19.2. The van der Waals surface area contributed by atoms with Crippen LogP contribution in [0.4, 0.5) is 11.4 Å². The van der Waals surface area contributed by atoms with Gasteiger partial charge in [-0.2, -0.15) is 13.0 Å². The number of fused-ring (bicyclic) bond motifs is 3. The first-order valence-corrected chi connectivity index (χ1v) is 24.8. The van der Waals surface area contributed by atoms with E-state index in [0.717, 1.165) is 69.0 Å². The quantitative estimate of drug-likeness (QED) is 0.0213. The number of phenols is 1. The van der Waals surface area contributed by atoms with Gasteiger partial charge in [0.25, 0.3) is 16.0 Å². The Kier molecular flexibility index (Phi) is 15.7. The number of benzene rings is 3. The van der Waals surface area contributed by atoms with Crippen LogP contribution < -0.4 is 20.3 Å². The van der Waals surface area contributed by atoms with Gasteiger partial charge in [0.15, 0.2) is 11.3 Å². The van der Waals surface area contributed by atoms with Crippen molar-refractivity contribution in [2.75, 3.05) is 50.8 Å². The molecule has 0 bridgehead atoms. The van der Waals surface area contributed by atoms with Gasteiger partial charge in [-0.1, -0.05) is 42.7 Å². The van der Waals surface area contributed by atoms with Gasteiger partial charge in [-0.3, -0.25) is 14.1 Å². The molecule has 0 radical (unpaired) electrons. The lowest BCUT2D eigenvalue weighted by atomic mass is 9.81. The fourth-order valence-electron chi connectivity index (χ4n) is 9.65. The Morgan fingerprint density at radius 2 is 1.70 bits per heavy atom. The zero-order valence-electron chi connectivity index (χ0n) is 40.6. The van der Waals surface area contributed by atoms with Crippen molar-refractivity contribution in [3.8, 4) is 11.5 Å². The number of rotatable bonds is 20. The number of hydrogen-bond acceptors (Lipinski definition) is 9. The second kappa shape index (κ2) is 20.7. The van der Waals surface area contributed by atoms with Crippen LogP contribution in [0, 0.1) is 27.7 Å². The second-order valence-corrected chi connectivity index (χ2v) is 20.6. The van der Waals surface area contributed by atoms with Crippen molar-refractivity contribution in [2.45, 2.75) is 129 Å². The maximum atomic E-state index is 13.5. The number of nitrogens with zero attached hydrogens (tertiary/aromatic N) is 5. The third kappa shape index (κ3) is 10.9. The van der Waals surface area contributed by atoms with Crippen LogP contribution in [-0.2, 0) is 41.7 Å². The molecule has 67 heavy (non-hydrogen) atoms. The van der Waals surface area contributed by atoms with Crippen LogP contribution in [0.25, 0.3) is 10.4 Å². The summed E-state index contributed by atoms with van der Waals surface area (Å²) in [6.07, 6.45) is 10.7. The molecule has 3 aromatic carbocycles. The summed E-state index contributed by atoms with van der Waals surface area (Å²) >= 11 is 0. The topological polar surface area (TPSA) is 206 Å². The monoisotopic (exact) mass is 938 g/mol. The molecular weight excluding hydrogens is 871 g/mol. The summed E-state index contributed by atoms with van der Waals surface area (Å²) in [6.45, 7) is 21.2. The standard InChI is InChI=1S/C51H67N7O8S/c1-33-18-20-41-39(31-33)49(5,6)44(58(41)28-30-65-29-26-54-48(61)51(9)23-22-38-36(4)46(60)34(2)35(3)47(38)66-51)16-13-15-43-50(7,8)40-32-37(67(62,63)64)19-21-42(40)57(43)27-12-10-11-17-45(59)53-24-14-25-55-56-52/h13,15-16,18-21,31-32H,10-12,14,17,22-30H2,1-9H3,(H3-,53,54,59,60,61,62,63,64)/p+1.